The Bertz CT molecular complexity index is 402. The molecule has 1 heterocycles. The Morgan fingerprint density at radius 3 is 2.30 bits per heavy atom. The van der Waals surface area contributed by atoms with Gasteiger partial charge in [-0.1, -0.05) is 25.7 Å². The Morgan fingerprint density at radius 1 is 1.09 bits per heavy atom. The summed E-state index contributed by atoms with van der Waals surface area (Å²) in [4.78, 5) is 26.1. The highest BCUT2D eigenvalue weighted by atomic mass is 16.5. The molecule has 23 heavy (non-hydrogen) atoms. The number of alkyl carbamates (subject to hydrolysis) is 1. The number of hydrogen-bond donors (Lipinski definition) is 2. The lowest BCUT2D eigenvalue weighted by Gasteiger charge is -2.48. The van der Waals surface area contributed by atoms with Crippen molar-refractivity contribution >= 4 is 12.0 Å². The van der Waals surface area contributed by atoms with E-state index in [9.17, 15) is 9.59 Å². The molecule has 2 aliphatic rings. The average molecular weight is 325 g/mol. The Labute approximate surface area is 139 Å². The molecule has 2 N–H and O–H groups in total. The fourth-order valence-electron chi connectivity index (χ4n) is 3.89. The fraction of sp³-hybridized carbons (Fsp3) is 0.882. The molecule has 1 atom stereocenters. The monoisotopic (exact) mass is 325 g/mol. The van der Waals surface area contributed by atoms with Gasteiger partial charge in [0.05, 0.1) is 7.11 Å². The third-order valence-electron chi connectivity index (χ3n) is 5.32. The van der Waals surface area contributed by atoms with E-state index in [1.54, 1.807) is 6.92 Å². The first-order chi connectivity index (χ1) is 11.1. The summed E-state index contributed by atoms with van der Waals surface area (Å²) in [6.07, 6.45) is 9.36. The maximum atomic E-state index is 12.3. The van der Waals surface area contributed by atoms with Crippen LogP contribution in [0.25, 0.3) is 0 Å². The summed E-state index contributed by atoms with van der Waals surface area (Å²) in [5.74, 6) is -0.141. The molecule has 6 nitrogen and oxygen atoms in total. The van der Waals surface area contributed by atoms with Crippen molar-refractivity contribution in [1.29, 1.82) is 0 Å². The minimum atomic E-state index is -0.579. The first-order valence-electron chi connectivity index (χ1n) is 8.95. The summed E-state index contributed by atoms with van der Waals surface area (Å²) in [6.45, 7) is 4.65. The van der Waals surface area contributed by atoms with Gasteiger partial charge in [-0.25, -0.2) is 4.79 Å². The molecular formula is C17H31N3O3. The second-order valence-corrected chi connectivity index (χ2v) is 6.91. The molecule has 0 aromatic rings. The van der Waals surface area contributed by atoms with Crippen molar-refractivity contribution in [2.75, 3.05) is 26.7 Å². The van der Waals surface area contributed by atoms with Crippen molar-refractivity contribution in [2.45, 2.75) is 69.9 Å². The van der Waals surface area contributed by atoms with Crippen molar-refractivity contribution in [3.8, 4) is 0 Å². The van der Waals surface area contributed by atoms with Crippen LogP contribution in [0.4, 0.5) is 4.79 Å². The van der Waals surface area contributed by atoms with Crippen LogP contribution in [-0.4, -0.2) is 55.2 Å². The van der Waals surface area contributed by atoms with Crippen LogP contribution in [0.1, 0.15) is 58.3 Å². The highest BCUT2D eigenvalue weighted by Gasteiger charge is 2.38. The summed E-state index contributed by atoms with van der Waals surface area (Å²) in [6, 6.07) is -0.579. The molecule has 1 aliphatic carbocycles. The van der Waals surface area contributed by atoms with Crippen LogP contribution in [0, 0.1) is 0 Å². The topological polar surface area (TPSA) is 70.7 Å². The quantitative estimate of drug-likeness (QED) is 0.811. The highest BCUT2D eigenvalue weighted by molar-refractivity contribution is 5.85. The maximum absolute atomic E-state index is 12.3. The number of nitrogens with one attached hydrogen (secondary N) is 2. The van der Waals surface area contributed by atoms with Gasteiger partial charge in [0, 0.05) is 12.1 Å². The standard InChI is InChI=1S/C17H31N3O3/c1-14(19-16(22)23-2)15(21)18-13-17(9-5-3-6-10-17)20-11-7-4-8-12-20/h14H,3-13H2,1-2H3,(H,18,21)(H,19,22)/t14-/m1/s1. The van der Waals surface area contributed by atoms with Gasteiger partial charge in [0.2, 0.25) is 5.91 Å². The van der Waals surface area contributed by atoms with Crippen molar-refractivity contribution in [3.63, 3.8) is 0 Å². The van der Waals surface area contributed by atoms with Crippen molar-refractivity contribution in [1.82, 2.24) is 15.5 Å². The summed E-state index contributed by atoms with van der Waals surface area (Å²) >= 11 is 0. The number of amides is 2. The zero-order chi connectivity index (χ0) is 16.7. The number of rotatable bonds is 5. The van der Waals surface area contributed by atoms with Gasteiger partial charge in [-0.15, -0.1) is 0 Å². The van der Waals surface area contributed by atoms with E-state index in [0.717, 1.165) is 25.9 Å². The number of hydrogen-bond acceptors (Lipinski definition) is 4. The van der Waals surface area contributed by atoms with Gasteiger partial charge >= 0.3 is 6.09 Å². The average Bonchev–Trinajstić information content (AvgIpc) is 2.61. The Balaban J connectivity index is 1.92. The minimum absolute atomic E-state index is 0.110. The molecule has 6 heteroatoms. The number of likely N-dealkylation sites (tertiary alicyclic amines) is 1. The first kappa shape index (κ1) is 18.0. The lowest BCUT2D eigenvalue weighted by Crippen LogP contribution is -2.59. The molecule has 2 fully saturated rings. The van der Waals surface area contributed by atoms with E-state index >= 15 is 0 Å². The van der Waals surface area contributed by atoms with E-state index < -0.39 is 12.1 Å². The molecule has 1 saturated heterocycles. The first-order valence-corrected chi connectivity index (χ1v) is 8.95. The van der Waals surface area contributed by atoms with Gasteiger partial charge < -0.3 is 15.4 Å². The van der Waals surface area contributed by atoms with Gasteiger partial charge in [0.25, 0.3) is 0 Å². The van der Waals surface area contributed by atoms with E-state index in [2.05, 4.69) is 20.3 Å². The molecule has 0 unspecified atom stereocenters. The van der Waals surface area contributed by atoms with Gasteiger partial charge in [-0.2, -0.15) is 0 Å². The van der Waals surface area contributed by atoms with Gasteiger partial charge in [-0.05, 0) is 45.7 Å². The third kappa shape index (κ3) is 4.83. The molecule has 2 amide bonds. The van der Waals surface area contributed by atoms with Crippen LogP contribution < -0.4 is 10.6 Å². The molecule has 0 aromatic carbocycles. The van der Waals surface area contributed by atoms with Crippen LogP contribution in [-0.2, 0) is 9.53 Å². The number of piperidine rings is 1. The number of nitrogens with zero attached hydrogens (tertiary/aromatic N) is 1. The molecule has 1 aliphatic heterocycles. The number of carbonyl (C=O) groups is 2. The Hall–Kier alpha value is -1.30. The second kappa shape index (κ2) is 8.52. The van der Waals surface area contributed by atoms with Crippen molar-refractivity contribution < 1.29 is 14.3 Å². The largest absolute Gasteiger partial charge is 0.453 e. The lowest BCUT2D eigenvalue weighted by atomic mass is 9.79. The molecule has 132 valence electrons. The number of carbonyl (C=O) groups excluding carboxylic acids is 2. The Morgan fingerprint density at radius 2 is 1.70 bits per heavy atom. The van der Waals surface area contributed by atoms with Crippen LogP contribution >= 0.6 is 0 Å². The summed E-state index contributed by atoms with van der Waals surface area (Å²) in [7, 11) is 1.30. The van der Waals surface area contributed by atoms with E-state index in [1.807, 2.05) is 0 Å². The summed E-state index contributed by atoms with van der Waals surface area (Å²) in [5, 5.41) is 5.59. The van der Waals surface area contributed by atoms with Crippen molar-refractivity contribution in [2.24, 2.45) is 0 Å². The maximum Gasteiger partial charge on any atom is 0.407 e. The van der Waals surface area contributed by atoms with Crippen LogP contribution in [0.2, 0.25) is 0 Å². The van der Waals surface area contributed by atoms with Crippen LogP contribution in [0.15, 0.2) is 0 Å². The normalized spacial score (nSPS) is 22.9. The van der Waals surface area contributed by atoms with Gasteiger partial charge in [0.15, 0.2) is 0 Å². The van der Waals surface area contributed by atoms with Crippen molar-refractivity contribution in [3.05, 3.63) is 0 Å². The van der Waals surface area contributed by atoms with Gasteiger partial charge in [0.1, 0.15) is 6.04 Å². The smallest absolute Gasteiger partial charge is 0.407 e. The fourth-order valence-corrected chi connectivity index (χ4v) is 3.89. The molecule has 0 bridgehead atoms. The summed E-state index contributed by atoms with van der Waals surface area (Å²) < 4.78 is 4.54. The molecule has 1 saturated carbocycles. The second-order valence-electron chi connectivity index (χ2n) is 6.91. The SMILES string of the molecule is COC(=O)N[C@H](C)C(=O)NCC1(N2CCCCC2)CCCCC1. The predicted octanol–water partition coefficient (Wildman–Crippen LogP) is 2.04. The van der Waals surface area contributed by atoms with E-state index in [0.29, 0.717) is 6.54 Å². The number of ether oxygens (including phenoxy) is 1. The predicted molar refractivity (Wildman–Crippen MR) is 89.3 cm³/mol. The van der Waals surface area contributed by atoms with Crippen LogP contribution in [0.5, 0.6) is 0 Å². The summed E-state index contributed by atoms with van der Waals surface area (Å²) in [5.41, 5.74) is 0.110. The Kier molecular flexibility index (Phi) is 6.69. The number of methoxy groups -OCH3 is 1. The van der Waals surface area contributed by atoms with Gasteiger partial charge in [-0.3, -0.25) is 9.69 Å². The molecule has 0 aromatic heterocycles. The van der Waals surface area contributed by atoms with E-state index in [-0.39, 0.29) is 11.4 Å². The van der Waals surface area contributed by atoms with E-state index in [4.69, 9.17) is 0 Å². The third-order valence-corrected chi connectivity index (χ3v) is 5.32. The molecule has 0 radical (unpaired) electrons. The van der Waals surface area contributed by atoms with E-state index in [1.165, 1.54) is 45.6 Å². The zero-order valence-corrected chi connectivity index (χ0v) is 14.5. The van der Waals surface area contributed by atoms with Crippen LogP contribution in [0.3, 0.4) is 0 Å². The highest BCUT2D eigenvalue weighted by Crippen LogP contribution is 2.35. The molecule has 2 rings (SSSR count). The molecular weight excluding hydrogens is 294 g/mol. The lowest BCUT2D eigenvalue weighted by molar-refractivity contribution is -0.123. The minimum Gasteiger partial charge on any atom is -0.453 e. The molecule has 0 spiro atoms. The zero-order valence-electron chi connectivity index (χ0n) is 14.5.